The quantitative estimate of drug-likeness (QED) is 0.312. The smallest absolute Gasteiger partial charge is 0.447 e. The largest absolute Gasteiger partial charge is 0.599 e. The molecule has 6 heteroatoms. The first-order valence-corrected chi connectivity index (χ1v) is 1.86. The van der Waals surface area contributed by atoms with E-state index in [9.17, 15) is 14.8 Å². The van der Waals surface area contributed by atoms with Crippen LogP contribution < -0.4 is 15.9 Å². The second kappa shape index (κ2) is 1.42. The Bertz CT molecular complexity index is 143. The first-order valence-electron chi connectivity index (χ1n) is 1.86. The highest BCUT2D eigenvalue weighted by molar-refractivity contribution is 5.92. The fourth-order valence-electron chi connectivity index (χ4n) is 0.351. The Kier molecular flexibility index (Phi) is 0.891. The van der Waals surface area contributed by atoms with E-state index in [0.29, 0.717) is 0 Å². The van der Waals surface area contributed by atoms with Crippen molar-refractivity contribution in [2.75, 3.05) is 0 Å². The van der Waals surface area contributed by atoms with Crippen molar-refractivity contribution < 1.29 is 14.8 Å². The van der Waals surface area contributed by atoms with Crippen LogP contribution in [0.3, 0.4) is 0 Å². The van der Waals surface area contributed by atoms with E-state index in [1.807, 2.05) is 0 Å². The summed E-state index contributed by atoms with van der Waals surface area (Å²) in [6, 6.07) is -1.64. The van der Waals surface area contributed by atoms with Gasteiger partial charge in [0.15, 0.2) is 0 Å². The summed E-state index contributed by atoms with van der Waals surface area (Å²) in [6.07, 6.45) is 0. The second-order valence-electron chi connectivity index (χ2n) is 1.24. The lowest BCUT2D eigenvalue weighted by atomic mass is 11.0. The first kappa shape index (κ1) is 5.01. The summed E-state index contributed by atoms with van der Waals surface area (Å²) in [5.74, 6) is 0. The standard InChI is InChI=1S/C2H3N3O3/c6-1-3-2(7)5(8)4-1/h5H,(H2,3,4,6,7). The van der Waals surface area contributed by atoms with Gasteiger partial charge in [0, 0.05) is 0 Å². The highest BCUT2D eigenvalue weighted by atomic mass is 16.6. The van der Waals surface area contributed by atoms with E-state index in [1.54, 1.807) is 10.7 Å². The van der Waals surface area contributed by atoms with Gasteiger partial charge in [0.25, 0.3) is 0 Å². The maximum Gasteiger partial charge on any atom is 0.447 e. The molecule has 0 aliphatic carbocycles. The molecule has 0 bridgehead atoms. The first-order chi connectivity index (χ1) is 3.70. The Balaban J connectivity index is 2.64. The van der Waals surface area contributed by atoms with Gasteiger partial charge in [-0.15, -0.1) is 0 Å². The number of quaternary nitrogens is 1. The lowest BCUT2D eigenvalue weighted by Gasteiger charge is -2.05. The predicted molar refractivity (Wildman–Crippen MR) is 21.4 cm³/mol. The second-order valence-corrected chi connectivity index (χ2v) is 1.24. The van der Waals surface area contributed by atoms with E-state index in [4.69, 9.17) is 0 Å². The van der Waals surface area contributed by atoms with Crippen LogP contribution in [0.15, 0.2) is 0 Å². The molecule has 6 nitrogen and oxygen atoms in total. The minimum Gasteiger partial charge on any atom is -0.599 e. The van der Waals surface area contributed by atoms with E-state index >= 15 is 0 Å². The van der Waals surface area contributed by atoms with Gasteiger partial charge >= 0.3 is 12.1 Å². The van der Waals surface area contributed by atoms with Crippen LogP contribution in [0, 0.1) is 5.21 Å². The molecule has 1 aliphatic rings. The van der Waals surface area contributed by atoms with Crippen molar-refractivity contribution in [2.45, 2.75) is 0 Å². The number of amides is 4. The summed E-state index contributed by atoms with van der Waals surface area (Å²) in [6.45, 7) is 0. The number of hydroxylamine groups is 1. The Labute approximate surface area is 44.0 Å². The molecule has 1 atom stereocenters. The molecule has 0 saturated carbocycles. The van der Waals surface area contributed by atoms with E-state index in [0.717, 1.165) is 0 Å². The van der Waals surface area contributed by atoms with Crippen molar-refractivity contribution in [2.24, 2.45) is 0 Å². The summed E-state index contributed by atoms with van der Waals surface area (Å²) in [5.41, 5.74) is 1.73. The summed E-state index contributed by atoms with van der Waals surface area (Å²) in [5, 5.41) is 10.9. The fraction of sp³-hybridized carbons (Fsp3) is 0. The Morgan fingerprint density at radius 1 is 1.50 bits per heavy atom. The zero-order chi connectivity index (χ0) is 6.15. The average molecular weight is 117 g/mol. The molecule has 1 saturated heterocycles. The summed E-state index contributed by atoms with van der Waals surface area (Å²) in [4.78, 5) is 20.0. The van der Waals surface area contributed by atoms with E-state index in [-0.39, 0.29) is 0 Å². The molecule has 1 rings (SSSR count). The Morgan fingerprint density at radius 2 is 2.12 bits per heavy atom. The minimum atomic E-state index is -0.894. The molecule has 0 aromatic heterocycles. The lowest BCUT2D eigenvalue weighted by molar-refractivity contribution is -0.791. The van der Waals surface area contributed by atoms with Gasteiger partial charge < -0.3 is 5.21 Å². The normalized spacial score (nSPS) is 27.4. The molecule has 0 aromatic carbocycles. The molecule has 44 valence electrons. The van der Waals surface area contributed by atoms with E-state index < -0.39 is 17.2 Å². The molecule has 0 aromatic rings. The monoisotopic (exact) mass is 117 g/mol. The van der Waals surface area contributed by atoms with Gasteiger partial charge in [-0.1, -0.05) is 0 Å². The van der Waals surface area contributed by atoms with Gasteiger partial charge in [0.05, 0.1) is 0 Å². The van der Waals surface area contributed by atoms with Crippen molar-refractivity contribution in [1.82, 2.24) is 10.7 Å². The van der Waals surface area contributed by atoms with Gasteiger partial charge in [0.2, 0.25) is 0 Å². The van der Waals surface area contributed by atoms with Gasteiger partial charge in [-0.3, -0.25) is 0 Å². The number of carbonyl (C=O) groups is 2. The Hall–Kier alpha value is -1.14. The van der Waals surface area contributed by atoms with Crippen molar-refractivity contribution in [3.8, 4) is 0 Å². The number of carbonyl (C=O) groups excluding carboxylic acids is 2. The van der Waals surface area contributed by atoms with Gasteiger partial charge in [0.1, 0.15) is 0 Å². The molecule has 4 amide bonds. The number of urea groups is 2. The lowest BCUT2D eigenvalue weighted by Crippen LogP contribution is -3.14. The van der Waals surface area contributed by atoms with Crippen LogP contribution in [0.2, 0.25) is 0 Å². The van der Waals surface area contributed by atoms with Crippen LogP contribution in [-0.2, 0) is 0 Å². The third kappa shape index (κ3) is 0.614. The molecular formula is C2H3N3O3. The molecule has 0 spiro atoms. The highest BCUT2D eigenvalue weighted by Gasteiger charge is 2.24. The van der Waals surface area contributed by atoms with Crippen LogP contribution in [0.25, 0.3) is 0 Å². The van der Waals surface area contributed by atoms with Gasteiger partial charge in [-0.05, 0) is 0 Å². The van der Waals surface area contributed by atoms with Gasteiger partial charge in [-0.25, -0.2) is 14.9 Å². The molecule has 1 fully saturated rings. The van der Waals surface area contributed by atoms with Crippen LogP contribution >= 0.6 is 0 Å². The van der Waals surface area contributed by atoms with Crippen LogP contribution in [0.5, 0.6) is 0 Å². The maximum absolute atomic E-state index is 10.0. The Morgan fingerprint density at radius 3 is 2.25 bits per heavy atom. The van der Waals surface area contributed by atoms with Crippen LogP contribution in [0.1, 0.15) is 0 Å². The third-order valence-corrected chi connectivity index (χ3v) is 0.660. The van der Waals surface area contributed by atoms with Crippen LogP contribution in [-0.4, -0.2) is 12.1 Å². The van der Waals surface area contributed by atoms with Crippen molar-refractivity contribution in [3.05, 3.63) is 5.21 Å². The molecule has 1 unspecified atom stereocenters. The van der Waals surface area contributed by atoms with Crippen molar-refractivity contribution in [1.29, 1.82) is 0 Å². The zero-order valence-corrected chi connectivity index (χ0v) is 3.72. The molecule has 3 N–H and O–H groups in total. The topological polar surface area (TPSA) is 85.7 Å². The summed E-state index contributed by atoms with van der Waals surface area (Å²) in [7, 11) is 0. The van der Waals surface area contributed by atoms with Crippen molar-refractivity contribution >= 4 is 12.1 Å². The average Bonchev–Trinajstić information content (AvgIpc) is 1.85. The zero-order valence-electron chi connectivity index (χ0n) is 3.72. The van der Waals surface area contributed by atoms with Crippen molar-refractivity contribution in [3.63, 3.8) is 0 Å². The molecular weight excluding hydrogens is 114 g/mol. The molecule has 0 radical (unpaired) electrons. The number of hydrogen-bond acceptors (Lipinski definition) is 3. The van der Waals surface area contributed by atoms with E-state index in [2.05, 4.69) is 0 Å². The number of rotatable bonds is 0. The maximum atomic E-state index is 10.0. The summed E-state index contributed by atoms with van der Waals surface area (Å²) < 4.78 is 0. The molecule has 1 aliphatic heterocycles. The molecule has 8 heavy (non-hydrogen) atoms. The molecule has 1 heterocycles. The highest BCUT2D eigenvalue weighted by Crippen LogP contribution is 1.63. The predicted octanol–water partition coefficient (Wildman–Crippen LogP) is -2.28. The summed E-state index contributed by atoms with van der Waals surface area (Å²) >= 11 is 0. The number of hydrogen-bond donors (Lipinski definition) is 3. The number of nitrogens with one attached hydrogen (secondary N) is 3. The van der Waals surface area contributed by atoms with Gasteiger partial charge in [-0.2, -0.15) is 10.6 Å². The third-order valence-electron chi connectivity index (χ3n) is 0.660. The number of imide groups is 1. The fourth-order valence-corrected chi connectivity index (χ4v) is 0.351. The minimum absolute atomic E-state index is 0.750. The van der Waals surface area contributed by atoms with Crippen LogP contribution in [0.4, 0.5) is 9.59 Å². The SMILES string of the molecule is O=C1NC(=O)[NH+]([O-])N1. The van der Waals surface area contributed by atoms with E-state index in [1.165, 1.54) is 0 Å².